The molecular formula is C28H27N3O. The van der Waals surface area contributed by atoms with Crippen LogP contribution < -0.4 is 10.6 Å². The minimum absolute atomic E-state index is 0.0324. The van der Waals surface area contributed by atoms with Crippen molar-refractivity contribution in [3.05, 3.63) is 94.7 Å². The normalized spacial score (nSPS) is 18.3. The minimum atomic E-state index is 0.0324. The summed E-state index contributed by atoms with van der Waals surface area (Å²) in [7, 11) is 0. The largest absolute Gasteiger partial charge is 0.357 e. The smallest absolute Gasteiger partial charge is 0.251 e. The molecule has 0 unspecified atom stereocenters. The number of carbonyl (C=O) groups is 1. The summed E-state index contributed by atoms with van der Waals surface area (Å²) in [6.45, 7) is 2.87. The number of hydrogen-bond acceptors (Lipinski definition) is 2. The fourth-order valence-corrected chi connectivity index (χ4v) is 5.36. The highest BCUT2D eigenvalue weighted by molar-refractivity contribution is 5.99. The van der Waals surface area contributed by atoms with E-state index in [1.807, 2.05) is 6.07 Å². The summed E-state index contributed by atoms with van der Waals surface area (Å²) in [5.41, 5.74) is 9.58. The summed E-state index contributed by atoms with van der Waals surface area (Å²) < 4.78 is 0. The summed E-state index contributed by atoms with van der Waals surface area (Å²) in [5.74, 6) is 0.0324. The Balaban J connectivity index is 1.34. The van der Waals surface area contributed by atoms with Crippen LogP contribution in [-0.4, -0.2) is 10.9 Å². The summed E-state index contributed by atoms with van der Waals surface area (Å²) in [6.07, 6.45) is 3.45. The molecule has 1 aliphatic carbocycles. The lowest BCUT2D eigenvalue weighted by Gasteiger charge is -2.27. The third-order valence-electron chi connectivity index (χ3n) is 7.08. The van der Waals surface area contributed by atoms with E-state index in [0.717, 1.165) is 24.0 Å². The molecule has 2 aliphatic rings. The number of rotatable bonds is 4. The maximum absolute atomic E-state index is 11.9. The van der Waals surface area contributed by atoms with Gasteiger partial charge in [0.15, 0.2) is 0 Å². The Morgan fingerprint density at radius 3 is 2.69 bits per heavy atom. The van der Waals surface area contributed by atoms with Gasteiger partial charge in [0, 0.05) is 40.8 Å². The predicted molar refractivity (Wildman–Crippen MR) is 129 cm³/mol. The Morgan fingerprint density at radius 1 is 1.00 bits per heavy atom. The topological polar surface area (TPSA) is 56.9 Å². The average molecular weight is 422 g/mol. The molecule has 0 spiro atoms. The maximum Gasteiger partial charge on any atom is 0.251 e. The molecule has 4 nitrogen and oxygen atoms in total. The summed E-state index contributed by atoms with van der Waals surface area (Å²) >= 11 is 0. The molecule has 3 aromatic carbocycles. The zero-order valence-electron chi connectivity index (χ0n) is 18.2. The number of hydrogen-bond donors (Lipinski definition) is 3. The van der Waals surface area contributed by atoms with Gasteiger partial charge in [-0.3, -0.25) is 4.79 Å². The number of aryl methyl sites for hydroxylation is 1. The lowest BCUT2D eigenvalue weighted by Crippen LogP contribution is -2.27. The van der Waals surface area contributed by atoms with Crippen LogP contribution in [0.5, 0.6) is 0 Å². The molecule has 0 saturated carbocycles. The average Bonchev–Trinajstić information content (AvgIpc) is 3.40. The van der Waals surface area contributed by atoms with E-state index in [0.29, 0.717) is 18.6 Å². The van der Waals surface area contributed by atoms with Crippen molar-refractivity contribution in [2.45, 2.75) is 44.8 Å². The van der Waals surface area contributed by atoms with Crippen molar-refractivity contribution in [3.63, 3.8) is 0 Å². The van der Waals surface area contributed by atoms with Crippen molar-refractivity contribution in [1.29, 1.82) is 0 Å². The van der Waals surface area contributed by atoms with Crippen molar-refractivity contribution >= 4 is 16.8 Å². The predicted octanol–water partition coefficient (Wildman–Crippen LogP) is 5.81. The Hall–Kier alpha value is -3.37. The highest BCUT2D eigenvalue weighted by atomic mass is 16.1. The van der Waals surface area contributed by atoms with Gasteiger partial charge in [0.2, 0.25) is 0 Å². The molecule has 32 heavy (non-hydrogen) atoms. The van der Waals surface area contributed by atoms with Crippen LogP contribution in [-0.2, 0) is 13.0 Å². The SMILES string of the molecule is C[C@@H](N[C@@H]1CCCc2c1[nH]c1ccc(-c3ccc4c(c3)CNC4=O)cc21)c1ccccc1. The van der Waals surface area contributed by atoms with E-state index in [4.69, 9.17) is 0 Å². The van der Waals surface area contributed by atoms with Gasteiger partial charge in [0.1, 0.15) is 0 Å². The van der Waals surface area contributed by atoms with E-state index < -0.39 is 0 Å². The van der Waals surface area contributed by atoms with Crippen LogP contribution in [0, 0.1) is 0 Å². The van der Waals surface area contributed by atoms with Gasteiger partial charge in [-0.2, -0.15) is 0 Å². The van der Waals surface area contributed by atoms with E-state index in [-0.39, 0.29) is 5.91 Å². The quantitative estimate of drug-likeness (QED) is 0.390. The first-order valence-electron chi connectivity index (χ1n) is 11.5. The van der Waals surface area contributed by atoms with Crippen LogP contribution in [0.4, 0.5) is 0 Å². The number of aromatic amines is 1. The van der Waals surface area contributed by atoms with E-state index in [1.54, 1.807) is 0 Å². The number of fused-ring (bicyclic) bond motifs is 4. The summed E-state index contributed by atoms with van der Waals surface area (Å²) in [5, 5.41) is 8.10. The van der Waals surface area contributed by atoms with Gasteiger partial charge in [-0.15, -0.1) is 0 Å². The van der Waals surface area contributed by atoms with Crippen LogP contribution in [0.1, 0.15) is 64.6 Å². The van der Waals surface area contributed by atoms with E-state index in [9.17, 15) is 4.79 Å². The third-order valence-corrected chi connectivity index (χ3v) is 7.08. The van der Waals surface area contributed by atoms with Gasteiger partial charge in [-0.05, 0) is 78.3 Å². The van der Waals surface area contributed by atoms with Crippen LogP contribution in [0.25, 0.3) is 22.0 Å². The van der Waals surface area contributed by atoms with Crippen molar-refractivity contribution in [2.75, 3.05) is 0 Å². The number of nitrogens with one attached hydrogen (secondary N) is 3. The highest BCUT2D eigenvalue weighted by Crippen LogP contribution is 2.38. The van der Waals surface area contributed by atoms with E-state index in [1.165, 1.54) is 45.3 Å². The lowest BCUT2D eigenvalue weighted by molar-refractivity contribution is 0.0966. The molecule has 4 aromatic rings. The molecule has 1 aromatic heterocycles. The van der Waals surface area contributed by atoms with Gasteiger partial charge in [-0.25, -0.2) is 0 Å². The molecule has 6 rings (SSSR count). The number of H-pyrrole nitrogens is 1. The summed E-state index contributed by atoms with van der Waals surface area (Å²) in [6, 6.07) is 24.2. The van der Waals surface area contributed by atoms with Crippen LogP contribution in [0.2, 0.25) is 0 Å². The van der Waals surface area contributed by atoms with Crippen molar-refractivity contribution in [3.8, 4) is 11.1 Å². The molecule has 4 heteroatoms. The van der Waals surface area contributed by atoms with Crippen molar-refractivity contribution in [1.82, 2.24) is 15.6 Å². The second-order valence-corrected chi connectivity index (χ2v) is 9.08. The Bertz CT molecular complexity index is 1320. The Kier molecular flexibility index (Phi) is 4.62. The van der Waals surface area contributed by atoms with Crippen LogP contribution in [0.15, 0.2) is 66.7 Å². The molecular weight excluding hydrogens is 394 g/mol. The van der Waals surface area contributed by atoms with Gasteiger partial charge in [-0.1, -0.05) is 42.5 Å². The van der Waals surface area contributed by atoms with Crippen molar-refractivity contribution in [2.24, 2.45) is 0 Å². The standard InChI is InChI=1S/C28H27N3O/c1-17(18-6-3-2-4-7-18)30-26-9-5-8-23-24-15-20(11-13-25(24)31-27(23)26)19-10-12-22-21(14-19)16-29-28(22)32/h2-4,6-7,10-15,17,26,30-31H,5,8-9,16H2,1H3,(H,29,32)/t17-,26-/m1/s1. The molecule has 2 heterocycles. The zero-order chi connectivity index (χ0) is 21.7. The third kappa shape index (κ3) is 3.23. The molecule has 3 N–H and O–H groups in total. The van der Waals surface area contributed by atoms with Gasteiger partial charge in [0.25, 0.3) is 5.91 Å². The Morgan fingerprint density at radius 2 is 1.81 bits per heavy atom. The van der Waals surface area contributed by atoms with Crippen LogP contribution in [0.3, 0.4) is 0 Å². The molecule has 0 radical (unpaired) electrons. The van der Waals surface area contributed by atoms with Gasteiger partial charge in [0.05, 0.1) is 0 Å². The monoisotopic (exact) mass is 421 g/mol. The molecule has 1 aliphatic heterocycles. The Labute approximate surface area is 188 Å². The first-order valence-corrected chi connectivity index (χ1v) is 11.5. The molecule has 0 fully saturated rings. The number of amides is 1. The fraction of sp³-hybridized carbons (Fsp3) is 0.250. The van der Waals surface area contributed by atoms with Crippen molar-refractivity contribution < 1.29 is 4.79 Å². The zero-order valence-corrected chi connectivity index (χ0v) is 18.2. The molecule has 160 valence electrons. The number of carbonyl (C=O) groups excluding carboxylic acids is 1. The second kappa shape index (κ2) is 7.64. The second-order valence-electron chi connectivity index (χ2n) is 9.08. The number of aromatic nitrogens is 1. The van der Waals surface area contributed by atoms with Gasteiger partial charge >= 0.3 is 0 Å². The summed E-state index contributed by atoms with van der Waals surface area (Å²) in [4.78, 5) is 15.6. The molecule has 0 bridgehead atoms. The fourth-order valence-electron chi connectivity index (χ4n) is 5.36. The maximum atomic E-state index is 11.9. The van der Waals surface area contributed by atoms with E-state index in [2.05, 4.69) is 83.2 Å². The van der Waals surface area contributed by atoms with Gasteiger partial charge < -0.3 is 15.6 Å². The first kappa shape index (κ1) is 19.3. The number of benzene rings is 3. The van der Waals surface area contributed by atoms with Crippen LogP contribution >= 0.6 is 0 Å². The lowest BCUT2D eigenvalue weighted by atomic mass is 9.90. The molecule has 0 saturated heterocycles. The minimum Gasteiger partial charge on any atom is -0.357 e. The highest BCUT2D eigenvalue weighted by Gasteiger charge is 2.26. The van der Waals surface area contributed by atoms with E-state index >= 15 is 0 Å². The first-order chi connectivity index (χ1) is 15.7. The molecule has 1 amide bonds. The molecule has 2 atom stereocenters.